The van der Waals surface area contributed by atoms with Crippen molar-refractivity contribution in [2.24, 2.45) is 0 Å². The van der Waals surface area contributed by atoms with Gasteiger partial charge in [0.1, 0.15) is 5.75 Å². The number of ether oxygens (including phenoxy) is 1. The molecule has 0 aromatic heterocycles. The molecule has 0 saturated heterocycles. The summed E-state index contributed by atoms with van der Waals surface area (Å²) in [6.07, 6.45) is 3.48. The summed E-state index contributed by atoms with van der Waals surface area (Å²) in [4.78, 5) is 12.6. The molecule has 124 valence electrons. The molecule has 4 heteroatoms. The number of aryl methyl sites for hydroxylation is 2. The summed E-state index contributed by atoms with van der Waals surface area (Å²) in [6, 6.07) is 13.9. The molecule has 1 unspecified atom stereocenters. The summed E-state index contributed by atoms with van der Waals surface area (Å²) in [7, 11) is 0.153. The minimum Gasteiger partial charge on any atom is -1.00 e. The number of hydrogen-bond donors (Lipinski definition) is 0. The SMILES string of the molecule is CCCCCOc1ccc(PC(=O)c2c(C)cccc2C)cc1.[H-].[Li+]. The minimum atomic E-state index is 0. The van der Waals surface area contributed by atoms with Gasteiger partial charge in [-0.1, -0.05) is 50.1 Å². The van der Waals surface area contributed by atoms with Crippen LogP contribution in [0.2, 0.25) is 0 Å². The number of rotatable bonds is 8. The zero-order chi connectivity index (χ0) is 16.7. The maximum Gasteiger partial charge on any atom is 1.00 e. The average molecular weight is 336 g/mol. The van der Waals surface area contributed by atoms with Gasteiger partial charge in [0.25, 0.3) is 0 Å². The van der Waals surface area contributed by atoms with Crippen LogP contribution in [0, 0.1) is 13.8 Å². The van der Waals surface area contributed by atoms with E-state index in [0.29, 0.717) is 0 Å². The van der Waals surface area contributed by atoms with Crippen LogP contribution in [-0.2, 0) is 0 Å². The number of benzene rings is 2. The van der Waals surface area contributed by atoms with Crippen LogP contribution in [-0.4, -0.2) is 12.1 Å². The van der Waals surface area contributed by atoms with Gasteiger partial charge < -0.3 is 6.16 Å². The van der Waals surface area contributed by atoms with Gasteiger partial charge in [0, 0.05) is 5.56 Å². The zero-order valence-corrected chi connectivity index (χ0v) is 16.2. The molecule has 0 radical (unpaired) electrons. The molecule has 2 aromatic carbocycles. The van der Waals surface area contributed by atoms with Gasteiger partial charge in [-0.2, -0.15) is 0 Å². The van der Waals surface area contributed by atoms with Crippen molar-refractivity contribution in [3.8, 4) is 5.75 Å². The first kappa shape index (κ1) is 21.0. The molecule has 0 N–H and O–H groups in total. The van der Waals surface area contributed by atoms with Crippen molar-refractivity contribution in [2.75, 3.05) is 6.61 Å². The van der Waals surface area contributed by atoms with Gasteiger partial charge in [-0.3, -0.25) is 4.79 Å². The fourth-order valence-corrected chi connectivity index (χ4v) is 3.66. The Bertz CT molecular complexity index is 639. The number of carbonyl (C=O) groups excluding carboxylic acids is 1. The summed E-state index contributed by atoms with van der Waals surface area (Å²) in [5, 5.41) is 1.05. The molecule has 0 aliphatic carbocycles. The van der Waals surface area contributed by atoms with Crippen LogP contribution in [0.15, 0.2) is 42.5 Å². The van der Waals surface area contributed by atoms with Crippen molar-refractivity contribution >= 4 is 19.4 Å². The molecule has 0 bridgehead atoms. The smallest absolute Gasteiger partial charge is 1.00 e. The van der Waals surface area contributed by atoms with Gasteiger partial charge in [0.15, 0.2) is 5.52 Å². The molecule has 0 amide bonds. The first-order valence-corrected chi connectivity index (χ1v) is 9.22. The van der Waals surface area contributed by atoms with Crippen LogP contribution in [0.1, 0.15) is 49.1 Å². The molecule has 2 aromatic rings. The van der Waals surface area contributed by atoms with Crippen LogP contribution in [0.3, 0.4) is 0 Å². The molecule has 0 aliphatic rings. The third kappa shape index (κ3) is 6.10. The molecular weight excluding hydrogens is 310 g/mol. The second kappa shape index (κ2) is 10.7. The first-order chi connectivity index (χ1) is 11.1. The Balaban J connectivity index is 0.00000288. The van der Waals surface area contributed by atoms with E-state index >= 15 is 0 Å². The van der Waals surface area contributed by atoms with Gasteiger partial charge in [-0.25, -0.2) is 0 Å². The van der Waals surface area contributed by atoms with Crippen LogP contribution < -0.4 is 28.9 Å². The Morgan fingerprint density at radius 3 is 2.25 bits per heavy atom. The van der Waals surface area contributed by atoms with E-state index < -0.39 is 0 Å². The van der Waals surface area contributed by atoms with E-state index in [1.165, 1.54) is 12.8 Å². The Morgan fingerprint density at radius 2 is 1.67 bits per heavy atom. The molecular formula is C20H26LiO2P. The maximum atomic E-state index is 12.6. The quantitative estimate of drug-likeness (QED) is 0.419. The standard InChI is InChI=1S/C20H25O2P.Li.H/c1-4-5-6-14-22-17-10-12-18(13-11-17)23-20(21)19-15(2)8-7-9-16(19)3;;/h7-13,23H,4-6,14H2,1-3H3;;/q;+1;-1. The Kier molecular flexibility index (Phi) is 9.38. The van der Waals surface area contributed by atoms with E-state index in [2.05, 4.69) is 6.92 Å². The van der Waals surface area contributed by atoms with Crippen molar-refractivity contribution in [3.05, 3.63) is 59.2 Å². The van der Waals surface area contributed by atoms with Crippen LogP contribution >= 0.6 is 8.58 Å². The summed E-state index contributed by atoms with van der Waals surface area (Å²) in [5.74, 6) is 0.883. The molecule has 24 heavy (non-hydrogen) atoms. The molecule has 0 fully saturated rings. The van der Waals surface area contributed by atoms with Crippen molar-refractivity contribution < 1.29 is 29.8 Å². The fraction of sp³-hybridized carbons (Fsp3) is 0.350. The Labute approximate surface area is 160 Å². The van der Waals surface area contributed by atoms with Crippen molar-refractivity contribution in [1.82, 2.24) is 0 Å². The molecule has 0 spiro atoms. The van der Waals surface area contributed by atoms with Crippen molar-refractivity contribution in [1.29, 1.82) is 0 Å². The van der Waals surface area contributed by atoms with E-state index in [1.54, 1.807) is 0 Å². The summed E-state index contributed by atoms with van der Waals surface area (Å²) < 4.78 is 5.71. The number of unbranched alkanes of at least 4 members (excludes halogenated alkanes) is 2. The van der Waals surface area contributed by atoms with Gasteiger partial charge in [-0.05, 0) is 57.4 Å². The van der Waals surface area contributed by atoms with Crippen molar-refractivity contribution in [3.63, 3.8) is 0 Å². The minimum absolute atomic E-state index is 0. The summed E-state index contributed by atoms with van der Waals surface area (Å²) >= 11 is 0. The van der Waals surface area contributed by atoms with E-state index in [4.69, 9.17) is 4.74 Å². The van der Waals surface area contributed by atoms with Gasteiger partial charge in [0.05, 0.1) is 6.61 Å². The predicted molar refractivity (Wildman–Crippen MR) is 101 cm³/mol. The predicted octanol–water partition coefficient (Wildman–Crippen LogP) is 2.13. The van der Waals surface area contributed by atoms with E-state index in [1.807, 2.05) is 56.3 Å². The van der Waals surface area contributed by atoms with E-state index in [-0.39, 0.29) is 34.4 Å². The maximum absolute atomic E-state index is 12.6. The summed E-state index contributed by atoms with van der Waals surface area (Å²) in [5.41, 5.74) is 3.18. The largest absolute Gasteiger partial charge is 1.00 e. The van der Waals surface area contributed by atoms with E-state index in [9.17, 15) is 4.79 Å². The number of hydrogen-bond acceptors (Lipinski definition) is 2. The van der Waals surface area contributed by atoms with Gasteiger partial charge >= 0.3 is 18.9 Å². The first-order valence-electron chi connectivity index (χ1n) is 8.22. The third-order valence-corrected chi connectivity index (χ3v) is 4.94. The van der Waals surface area contributed by atoms with Crippen molar-refractivity contribution in [2.45, 2.75) is 40.0 Å². The monoisotopic (exact) mass is 336 g/mol. The van der Waals surface area contributed by atoms with E-state index in [0.717, 1.165) is 40.8 Å². The second-order valence-electron chi connectivity index (χ2n) is 5.80. The normalized spacial score (nSPS) is 10.6. The molecule has 2 nitrogen and oxygen atoms in total. The molecule has 0 aliphatic heterocycles. The molecule has 0 saturated carbocycles. The van der Waals surface area contributed by atoms with Gasteiger partial charge in [0.2, 0.25) is 0 Å². The van der Waals surface area contributed by atoms with Crippen LogP contribution in [0.25, 0.3) is 0 Å². The molecule has 0 heterocycles. The van der Waals surface area contributed by atoms with Crippen LogP contribution in [0.4, 0.5) is 0 Å². The average Bonchev–Trinajstić information content (AvgIpc) is 2.53. The third-order valence-electron chi connectivity index (χ3n) is 3.84. The zero-order valence-electron chi connectivity index (χ0n) is 16.2. The Morgan fingerprint density at radius 1 is 1.04 bits per heavy atom. The summed E-state index contributed by atoms with van der Waals surface area (Å²) in [6.45, 7) is 6.94. The molecule has 1 atom stereocenters. The topological polar surface area (TPSA) is 26.3 Å². The molecule has 2 rings (SSSR count). The second-order valence-corrected chi connectivity index (χ2v) is 7.08. The van der Waals surface area contributed by atoms with Crippen LogP contribution in [0.5, 0.6) is 5.75 Å². The van der Waals surface area contributed by atoms with Gasteiger partial charge in [-0.15, -0.1) is 0 Å². The Hall–Kier alpha value is -1.06. The fourth-order valence-electron chi connectivity index (χ4n) is 2.54. The number of carbonyl (C=O) groups is 1.